The Bertz CT molecular complexity index is 472. The molecule has 9 heteroatoms. The van der Waals surface area contributed by atoms with Crippen molar-refractivity contribution in [3.63, 3.8) is 0 Å². The van der Waals surface area contributed by atoms with Crippen molar-refractivity contribution < 1.29 is 42.8 Å². The molecule has 2 rings (SSSR count). The van der Waals surface area contributed by atoms with E-state index in [-0.39, 0.29) is 30.4 Å². The van der Waals surface area contributed by atoms with Crippen LogP contribution < -0.4 is 25.1 Å². The van der Waals surface area contributed by atoms with Crippen LogP contribution in [0.4, 0.5) is 5.69 Å². The number of benzene rings is 1. The van der Waals surface area contributed by atoms with Crippen LogP contribution in [0.15, 0.2) is 30.3 Å². The summed E-state index contributed by atoms with van der Waals surface area (Å²) in [5.74, 6) is -0.850. The molecule has 1 atom stereocenters. The summed E-state index contributed by atoms with van der Waals surface area (Å²) < 4.78 is 0. The van der Waals surface area contributed by atoms with E-state index in [1.807, 2.05) is 25.1 Å². The van der Waals surface area contributed by atoms with Crippen molar-refractivity contribution in [3.05, 3.63) is 30.3 Å². The van der Waals surface area contributed by atoms with Gasteiger partial charge in [-0.3, -0.25) is 15.0 Å². The maximum absolute atomic E-state index is 12.1. The molecule has 22 heavy (non-hydrogen) atoms. The molecule has 1 N–H and O–H groups in total. The Morgan fingerprint density at radius 3 is 2.23 bits per heavy atom. The van der Waals surface area contributed by atoms with E-state index < -0.39 is 14.5 Å². The summed E-state index contributed by atoms with van der Waals surface area (Å²) in [6.07, 6.45) is 2.51. The Hall–Kier alpha value is -0.946. The fraction of sp³-hybridized carbons (Fsp3) is 0.385. The van der Waals surface area contributed by atoms with Gasteiger partial charge in [-0.05, 0) is 18.6 Å². The number of hydrogen-bond acceptors (Lipinski definition) is 5. The van der Waals surface area contributed by atoms with Crippen LogP contribution in [0.1, 0.15) is 26.2 Å². The molecule has 0 spiro atoms. The SMILES string of the molecule is CCCCC1C(=O)NN(c2ccccc2)C1=O.[O-]P([O-])[O-].[V]. The minimum absolute atomic E-state index is 0. The predicted molar refractivity (Wildman–Crippen MR) is 72.0 cm³/mol. The van der Waals surface area contributed by atoms with Crippen molar-refractivity contribution >= 4 is 26.1 Å². The van der Waals surface area contributed by atoms with Crippen LogP contribution in [0.2, 0.25) is 0 Å². The second-order valence-corrected chi connectivity index (χ2v) is 4.85. The van der Waals surface area contributed by atoms with Gasteiger partial charge in [0.25, 0.3) is 11.8 Å². The Balaban J connectivity index is 0.000000791. The van der Waals surface area contributed by atoms with Crippen molar-refractivity contribution in [1.82, 2.24) is 5.43 Å². The van der Waals surface area contributed by atoms with Gasteiger partial charge in [0.05, 0.1) is 5.69 Å². The Morgan fingerprint density at radius 2 is 1.73 bits per heavy atom. The first-order valence-electron chi connectivity index (χ1n) is 6.48. The van der Waals surface area contributed by atoms with Gasteiger partial charge in [-0.2, -0.15) is 0 Å². The topological polar surface area (TPSA) is 119 Å². The molecule has 1 aliphatic rings. The predicted octanol–water partition coefficient (Wildman–Crippen LogP) is -0.837. The molecule has 0 aliphatic carbocycles. The molecular weight excluding hydrogens is 346 g/mol. The van der Waals surface area contributed by atoms with Crippen molar-refractivity contribution in [2.45, 2.75) is 26.2 Å². The zero-order chi connectivity index (χ0) is 15.8. The van der Waals surface area contributed by atoms with Crippen LogP contribution in [-0.4, -0.2) is 11.8 Å². The summed E-state index contributed by atoms with van der Waals surface area (Å²) in [5.41, 5.74) is 3.34. The molecule has 1 fully saturated rings. The van der Waals surface area contributed by atoms with Gasteiger partial charge >= 0.3 is 0 Å². The quantitative estimate of drug-likeness (QED) is 0.554. The van der Waals surface area contributed by atoms with E-state index in [1.54, 1.807) is 12.1 Å². The Morgan fingerprint density at radius 1 is 1.18 bits per heavy atom. The molecule has 1 aromatic carbocycles. The van der Waals surface area contributed by atoms with Gasteiger partial charge in [0.15, 0.2) is 0 Å². The number of carbonyl (C=O) groups excluding carboxylic acids is 2. The van der Waals surface area contributed by atoms with Crippen LogP contribution >= 0.6 is 8.60 Å². The fourth-order valence-electron chi connectivity index (χ4n) is 1.94. The third kappa shape index (κ3) is 6.44. The smallest absolute Gasteiger partial charge is 0.258 e. The molecule has 1 saturated heterocycles. The van der Waals surface area contributed by atoms with Gasteiger partial charge in [-0.25, -0.2) is 5.01 Å². The van der Waals surface area contributed by atoms with Crippen LogP contribution in [-0.2, 0) is 28.1 Å². The molecular formula is C13H16N2O5PV-3. The number of unbranched alkanes of at least 4 members (excludes halogenated alkanes) is 1. The average molecular weight is 362 g/mol. The van der Waals surface area contributed by atoms with Gasteiger partial charge in [-0.1, -0.05) is 38.0 Å². The first kappa shape index (κ1) is 21.1. The number of anilines is 1. The minimum atomic E-state index is -3.37. The Labute approximate surface area is 142 Å². The number of nitrogens with one attached hydrogen (secondary N) is 1. The zero-order valence-electron chi connectivity index (χ0n) is 12.0. The molecule has 1 aromatic rings. The fourth-order valence-corrected chi connectivity index (χ4v) is 1.94. The summed E-state index contributed by atoms with van der Waals surface area (Å²) in [6, 6.07) is 9.17. The molecule has 1 heterocycles. The number of carbonyl (C=O) groups is 2. The van der Waals surface area contributed by atoms with Gasteiger partial charge < -0.3 is 23.3 Å². The third-order valence-corrected chi connectivity index (χ3v) is 2.92. The number of rotatable bonds is 4. The zero-order valence-corrected chi connectivity index (χ0v) is 14.3. The van der Waals surface area contributed by atoms with E-state index in [2.05, 4.69) is 5.43 Å². The van der Waals surface area contributed by atoms with Gasteiger partial charge in [0.2, 0.25) is 0 Å². The molecule has 1 radical (unpaired) electrons. The number of amides is 2. The summed E-state index contributed by atoms with van der Waals surface area (Å²) >= 11 is 0. The standard InChI is InChI=1S/C13H16N2O2.O3P.V/c1-2-3-9-11-12(16)14-15(13(11)17)10-7-5-4-6-8-10;1-4(2)3;/h4-8,11H,2-3,9H2,1H3,(H,14,16);;/q;-3;. The van der Waals surface area contributed by atoms with Crippen molar-refractivity contribution in [2.24, 2.45) is 5.92 Å². The molecule has 0 aromatic heterocycles. The molecule has 0 bridgehead atoms. The first-order valence-corrected chi connectivity index (χ1v) is 7.58. The van der Waals surface area contributed by atoms with Gasteiger partial charge in [0.1, 0.15) is 5.92 Å². The summed E-state index contributed by atoms with van der Waals surface area (Å²) in [5, 5.41) is 1.35. The van der Waals surface area contributed by atoms with Crippen LogP contribution in [0.3, 0.4) is 0 Å². The maximum atomic E-state index is 12.1. The number of nitrogens with zero attached hydrogens (tertiary/aromatic N) is 1. The van der Waals surface area contributed by atoms with Crippen molar-refractivity contribution in [2.75, 3.05) is 5.01 Å². The second-order valence-electron chi connectivity index (χ2n) is 4.40. The molecule has 1 aliphatic heterocycles. The first-order chi connectivity index (χ1) is 9.97. The molecule has 7 nitrogen and oxygen atoms in total. The number of para-hydroxylation sites is 1. The molecule has 121 valence electrons. The van der Waals surface area contributed by atoms with Crippen molar-refractivity contribution in [3.8, 4) is 0 Å². The van der Waals surface area contributed by atoms with E-state index in [9.17, 15) is 9.59 Å². The minimum Gasteiger partial charge on any atom is -0.854 e. The van der Waals surface area contributed by atoms with E-state index in [0.717, 1.165) is 12.8 Å². The average Bonchev–Trinajstić information content (AvgIpc) is 2.72. The largest absolute Gasteiger partial charge is 0.854 e. The van der Waals surface area contributed by atoms with Crippen molar-refractivity contribution in [1.29, 1.82) is 0 Å². The second kappa shape index (κ2) is 10.7. The van der Waals surface area contributed by atoms with E-state index in [4.69, 9.17) is 14.7 Å². The normalized spacial score (nSPS) is 16.8. The molecule has 2 amide bonds. The van der Waals surface area contributed by atoms with Crippen LogP contribution in [0.25, 0.3) is 0 Å². The van der Waals surface area contributed by atoms with E-state index in [1.165, 1.54) is 5.01 Å². The number of hydrogen-bond donors (Lipinski definition) is 1. The Kier molecular flexibility index (Phi) is 10.3. The number of hydrazine groups is 1. The summed E-state index contributed by atoms with van der Waals surface area (Å²) in [6.45, 7) is 2.05. The van der Waals surface area contributed by atoms with E-state index in [0.29, 0.717) is 12.1 Å². The van der Waals surface area contributed by atoms with Crippen LogP contribution in [0.5, 0.6) is 0 Å². The van der Waals surface area contributed by atoms with Gasteiger partial charge in [-0.15, -0.1) is 0 Å². The maximum Gasteiger partial charge on any atom is 0.258 e. The van der Waals surface area contributed by atoms with Gasteiger partial charge in [0, 0.05) is 18.6 Å². The monoisotopic (exact) mass is 362 g/mol. The summed E-state index contributed by atoms with van der Waals surface area (Å²) in [7, 11) is -3.37. The molecule has 1 unspecified atom stereocenters. The third-order valence-electron chi connectivity index (χ3n) is 2.92. The van der Waals surface area contributed by atoms with E-state index >= 15 is 0 Å². The van der Waals surface area contributed by atoms with Crippen LogP contribution in [0, 0.1) is 5.92 Å². The molecule has 0 saturated carbocycles. The summed E-state index contributed by atoms with van der Waals surface area (Å²) in [4.78, 5) is 49.2.